The Hall–Kier alpha value is -1.54. The number of fused-ring (bicyclic) bond motifs is 1. The number of benzene rings is 3. The molecule has 0 amide bonds. The zero-order valence-electron chi connectivity index (χ0n) is 11.3. The lowest BCUT2D eigenvalue weighted by atomic mass is 9.96. The van der Waals surface area contributed by atoms with Crippen LogP contribution in [0.1, 0.15) is 17.2 Å². The Morgan fingerprint density at radius 1 is 0.905 bits per heavy atom. The molecule has 0 spiro atoms. The van der Waals surface area contributed by atoms with E-state index in [4.69, 9.17) is 23.2 Å². The Morgan fingerprint density at radius 3 is 2.48 bits per heavy atom. The lowest BCUT2D eigenvalue weighted by Crippen LogP contribution is -2.03. The van der Waals surface area contributed by atoms with Gasteiger partial charge in [-0.1, -0.05) is 71.7 Å². The predicted octanol–water partition coefficient (Wildman–Crippen LogP) is 5.42. The average molecular weight is 317 g/mol. The first kappa shape index (κ1) is 14.4. The Morgan fingerprint density at radius 2 is 1.67 bits per heavy atom. The molecule has 1 N–H and O–H groups in total. The van der Waals surface area contributed by atoms with Gasteiger partial charge in [0.15, 0.2) is 0 Å². The van der Waals surface area contributed by atoms with Crippen molar-refractivity contribution in [3.8, 4) is 0 Å². The van der Waals surface area contributed by atoms with E-state index < -0.39 is 6.10 Å². The van der Waals surface area contributed by atoms with Crippen molar-refractivity contribution >= 4 is 34.0 Å². The summed E-state index contributed by atoms with van der Waals surface area (Å²) in [5, 5.41) is 13.9. The maximum Gasteiger partial charge on any atom is 0.0836 e. The van der Waals surface area contributed by atoms with Gasteiger partial charge in [0.1, 0.15) is 0 Å². The second-order valence-corrected chi connectivity index (χ2v) is 5.87. The smallest absolute Gasteiger partial charge is 0.0836 e. The van der Waals surface area contributed by atoms with Crippen LogP contribution in [0.5, 0.6) is 0 Å². The fourth-order valence-electron chi connectivity index (χ4n) is 2.55. The van der Waals surface area contributed by atoms with Gasteiger partial charge in [-0.3, -0.25) is 0 Å². The van der Waals surface area contributed by atoms with Crippen molar-refractivity contribution in [2.45, 2.75) is 12.5 Å². The molecule has 106 valence electrons. The van der Waals surface area contributed by atoms with Gasteiger partial charge in [0.05, 0.1) is 6.10 Å². The molecular weight excluding hydrogens is 303 g/mol. The van der Waals surface area contributed by atoms with E-state index in [1.807, 2.05) is 48.5 Å². The molecule has 0 aliphatic rings. The van der Waals surface area contributed by atoms with E-state index in [1.54, 1.807) is 12.1 Å². The molecule has 0 aliphatic heterocycles. The minimum absolute atomic E-state index is 0.462. The van der Waals surface area contributed by atoms with Gasteiger partial charge >= 0.3 is 0 Å². The summed E-state index contributed by atoms with van der Waals surface area (Å²) in [5.74, 6) is 0. The van der Waals surface area contributed by atoms with Crippen LogP contribution in [0.3, 0.4) is 0 Å². The Balaban J connectivity index is 1.95. The van der Waals surface area contributed by atoms with Crippen LogP contribution >= 0.6 is 23.2 Å². The third-order valence-corrected chi connectivity index (χ3v) is 4.20. The molecule has 0 aliphatic carbocycles. The molecule has 0 bridgehead atoms. The van der Waals surface area contributed by atoms with Crippen molar-refractivity contribution in [3.05, 3.63) is 81.8 Å². The fraction of sp³-hybridized carbons (Fsp3) is 0.111. The van der Waals surface area contributed by atoms with Crippen molar-refractivity contribution in [1.82, 2.24) is 0 Å². The van der Waals surface area contributed by atoms with Gasteiger partial charge in [0.25, 0.3) is 0 Å². The topological polar surface area (TPSA) is 20.2 Å². The van der Waals surface area contributed by atoms with Crippen LogP contribution in [-0.4, -0.2) is 5.11 Å². The third kappa shape index (κ3) is 3.06. The van der Waals surface area contributed by atoms with Gasteiger partial charge in [-0.15, -0.1) is 0 Å². The van der Waals surface area contributed by atoms with Crippen LogP contribution in [0.25, 0.3) is 10.8 Å². The summed E-state index contributed by atoms with van der Waals surface area (Å²) in [6, 6.07) is 19.4. The summed E-state index contributed by atoms with van der Waals surface area (Å²) >= 11 is 12.1. The van der Waals surface area contributed by atoms with Gasteiger partial charge in [0, 0.05) is 16.5 Å². The number of aliphatic hydroxyl groups is 1. The largest absolute Gasteiger partial charge is 0.388 e. The second kappa shape index (κ2) is 6.07. The maximum atomic E-state index is 10.6. The minimum Gasteiger partial charge on any atom is -0.388 e. The molecule has 1 nitrogen and oxygen atoms in total. The molecule has 0 radical (unpaired) electrons. The molecule has 3 aromatic carbocycles. The standard InChI is InChI=1S/C18H14Cl2O/c19-14-9-8-13(17(20)11-14)10-18(21)16-7-3-5-12-4-1-2-6-15(12)16/h1-9,11,18,21H,10H2. The Bertz CT molecular complexity index is 778. The van der Waals surface area contributed by atoms with Crippen LogP contribution < -0.4 is 0 Å². The zero-order chi connectivity index (χ0) is 14.8. The first-order valence-corrected chi connectivity index (χ1v) is 7.50. The van der Waals surface area contributed by atoms with Crippen molar-refractivity contribution in [3.63, 3.8) is 0 Å². The van der Waals surface area contributed by atoms with Gasteiger partial charge in [-0.25, -0.2) is 0 Å². The summed E-state index contributed by atoms with van der Waals surface area (Å²) in [4.78, 5) is 0. The van der Waals surface area contributed by atoms with Crippen molar-refractivity contribution in [2.24, 2.45) is 0 Å². The van der Waals surface area contributed by atoms with Crippen molar-refractivity contribution < 1.29 is 5.11 Å². The highest BCUT2D eigenvalue weighted by Crippen LogP contribution is 2.29. The molecule has 0 saturated heterocycles. The average Bonchev–Trinajstić information content (AvgIpc) is 2.49. The molecular formula is C18H14Cl2O. The predicted molar refractivity (Wildman–Crippen MR) is 89.1 cm³/mol. The molecule has 3 heteroatoms. The highest BCUT2D eigenvalue weighted by molar-refractivity contribution is 6.35. The monoisotopic (exact) mass is 316 g/mol. The van der Waals surface area contributed by atoms with Gasteiger partial charge in [0.2, 0.25) is 0 Å². The zero-order valence-corrected chi connectivity index (χ0v) is 12.8. The first-order chi connectivity index (χ1) is 10.1. The molecule has 3 aromatic rings. The summed E-state index contributed by atoms with van der Waals surface area (Å²) in [6.07, 6.45) is -0.140. The molecule has 1 atom stereocenters. The SMILES string of the molecule is OC(Cc1ccc(Cl)cc1Cl)c1cccc2ccccc12. The van der Waals surface area contributed by atoms with Crippen LogP contribution in [0.15, 0.2) is 60.7 Å². The van der Waals surface area contributed by atoms with Crippen LogP contribution in [0.2, 0.25) is 10.0 Å². The van der Waals surface area contributed by atoms with Crippen LogP contribution in [0.4, 0.5) is 0 Å². The normalized spacial score (nSPS) is 12.5. The number of hydrogen-bond acceptors (Lipinski definition) is 1. The van der Waals surface area contributed by atoms with E-state index in [9.17, 15) is 5.11 Å². The fourth-order valence-corrected chi connectivity index (χ4v) is 3.03. The third-order valence-electron chi connectivity index (χ3n) is 3.61. The van der Waals surface area contributed by atoms with E-state index in [2.05, 4.69) is 0 Å². The van der Waals surface area contributed by atoms with Crippen LogP contribution in [-0.2, 0) is 6.42 Å². The lowest BCUT2D eigenvalue weighted by molar-refractivity contribution is 0.180. The molecule has 21 heavy (non-hydrogen) atoms. The highest BCUT2D eigenvalue weighted by atomic mass is 35.5. The van der Waals surface area contributed by atoms with E-state index >= 15 is 0 Å². The van der Waals surface area contributed by atoms with Gasteiger partial charge < -0.3 is 5.11 Å². The Labute approximate surface area is 133 Å². The number of aliphatic hydroxyl groups excluding tert-OH is 1. The van der Waals surface area contributed by atoms with Crippen molar-refractivity contribution in [2.75, 3.05) is 0 Å². The maximum absolute atomic E-state index is 10.6. The molecule has 3 rings (SSSR count). The number of hydrogen-bond donors (Lipinski definition) is 1. The molecule has 0 fully saturated rings. The molecule has 0 aromatic heterocycles. The van der Waals surface area contributed by atoms with Gasteiger partial charge in [-0.05, 0) is 34.0 Å². The van der Waals surface area contributed by atoms with Crippen LogP contribution in [0, 0.1) is 0 Å². The van der Waals surface area contributed by atoms with E-state index in [-0.39, 0.29) is 0 Å². The van der Waals surface area contributed by atoms with E-state index in [0.29, 0.717) is 16.5 Å². The molecule has 1 unspecified atom stereocenters. The number of halogens is 2. The minimum atomic E-state index is -0.602. The Kier molecular flexibility index (Phi) is 4.16. The summed E-state index contributed by atoms with van der Waals surface area (Å²) in [6.45, 7) is 0. The lowest BCUT2D eigenvalue weighted by Gasteiger charge is -2.15. The molecule has 0 saturated carbocycles. The molecule has 0 heterocycles. The summed E-state index contributed by atoms with van der Waals surface area (Å²) < 4.78 is 0. The second-order valence-electron chi connectivity index (χ2n) is 5.02. The van der Waals surface area contributed by atoms with Gasteiger partial charge in [-0.2, -0.15) is 0 Å². The highest BCUT2D eigenvalue weighted by Gasteiger charge is 2.13. The van der Waals surface area contributed by atoms with E-state index in [1.165, 1.54) is 0 Å². The quantitative estimate of drug-likeness (QED) is 0.683. The number of rotatable bonds is 3. The first-order valence-electron chi connectivity index (χ1n) is 6.75. The summed E-state index contributed by atoms with van der Waals surface area (Å²) in [7, 11) is 0. The van der Waals surface area contributed by atoms with E-state index in [0.717, 1.165) is 21.9 Å². The summed E-state index contributed by atoms with van der Waals surface area (Å²) in [5.41, 5.74) is 1.81. The van der Waals surface area contributed by atoms with Crippen molar-refractivity contribution in [1.29, 1.82) is 0 Å².